The Morgan fingerprint density at radius 3 is 2.48 bits per heavy atom. The highest BCUT2D eigenvalue weighted by Gasteiger charge is 2.27. The van der Waals surface area contributed by atoms with Crippen LogP contribution >= 0.6 is 0 Å². The molecule has 1 aliphatic heterocycles. The Morgan fingerprint density at radius 1 is 1.32 bits per heavy atom. The first-order valence-corrected chi connectivity index (χ1v) is 9.07. The van der Waals surface area contributed by atoms with Gasteiger partial charge in [-0.05, 0) is 18.6 Å². The normalized spacial score (nSPS) is 13.2. The van der Waals surface area contributed by atoms with E-state index in [-0.39, 0.29) is 11.7 Å². The number of amides is 1. The molecule has 0 aliphatic carbocycles. The van der Waals surface area contributed by atoms with Crippen LogP contribution < -0.4 is 11.5 Å². The number of Topliss-reactive ketones (excluding diaryl/α,β-unsaturated/α-hetero) is 1. The molecule has 5 N–H and O–H groups in total. The van der Waals surface area contributed by atoms with Crippen molar-refractivity contribution in [2.45, 2.75) is 19.9 Å². The molecule has 1 aliphatic rings. The second kappa shape index (κ2) is 6.65. The SMILES string of the molecule is CS(=O)(=O)O.Cc1c(C(=O)N=C(N)N)n2c3c(cccc13)C(=O)CC2. The van der Waals surface area contributed by atoms with Crippen LogP contribution in [0.5, 0.6) is 0 Å². The van der Waals surface area contributed by atoms with E-state index in [0.29, 0.717) is 30.5 Å². The number of nitrogens with zero attached hydrogens (tertiary/aromatic N) is 2. The number of ketones is 1. The fourth-order valence-corrected chi connectivity index (χ4v) is 2.82. The Morgan fingerprint density at radius 2 is 1.92 bits per heavy atom. The number of aliphatic imine (C=N–C) groups is 1. The van der Waals surface area contributed by atoms with Gasteiger partial charge in [-0.1, -0.05) is 12.1 Å². The van der Waals surface area contributed by atoms with Crippen molar-refractivity contribution in [3.8, 4) is 0 Å². The average molecular weight is 366 g/mol. The van der Waals surface area contributed by atoms with Crippen molar-refractivity contribution in [3.63, 3.8) is 0 Å². The second-order valence-corrected chi connectivity index (χ2v) is 7.04. The van der Waals surface area contributed by atoms with Gasteiger partial charge in [0.25, 0.3) is 16.0 Å². The van der Waals surface area contributed by atoms with Crippen molar-refractivity contribution in [1.82, 2.24) is 4.57 Å². The van der Waals surface area contributed by atoms with Gasteiger partial charge in [-0.15, -0.1) is 0 Å². The van der Waals surface area contributed by atoms with E-state index >= 15 is 0 Å². The number of aromatic nitrogens is 1. The minimum absolute atomic E-state index is 0.0986. The van der Waals surface area contributed by atoms with Gasteiger partial charge in [-0.2, -0.15) is 13.4 Å². The molecule has 1 aromatic heterocycles. The fraction of sp³-hybridized carbons (Fsp3) is 0.267. The number of carbonyl (C=O) groups excluding carboxylic acids is 2. The summed E-state index contributed by atoms with van der Waals surface area (Å²) >= 11 is 0. The topological polar surface area (TPSA) is 158 Å². The quantitative estimate of drug-likeness (QED) is 0.375. The summed E-state index contributed by atoms with van der Waals surface area (Å²) in [5.74, 6) is -0.639. The number of nitrogens with two attached hydrogens (primary N) is 2. The van der Waals surface area contributed by atoms with Gasteiger partial charge >= 0.3 is 0 Å². The van der Waals surface area contributed by atoms with Crippen LogP contribution in [0.2, 0.25) is 0 Å². The highest BCUT2D eigenvalue weighted by atomic mass is 32.2. The highest BCUT2D eigenvalue weighted by molar-refractivity contribution is 7.85. The zero-order valence-electron chi connectivity index (χ0n) is 13.7. The Hall–Kier alpha value is -2.72. The first kappa shape index (κ1) is 18.6. The van der Waals surface area contributed by atoms with Crippen molar-refractivity contribution < 1.29 is 22.6 Å². The van der Waals surface area contributed by atoms with Crippen molar-refractivity contribution in [3.05, 3.63) is 35.0 Å². The molecule has 0 saturated carbocycles. The number of benzene rings is 1. The molecule has 2 aromatic rings. The van der Waals surface area contributed by atoms with Crippen molar-refractivity contribution >= 4 is 38.7 Å². The molecule has 0 bridgehead atoms. The monoisotopic (exact) mass is 366 g/mol. The molecule has 3 rings (SSSR count). The number of carbonyl (C=O) groups is 2. The summed E-state index contributed by atoms with van der Waals surface area (Å²) in [7, 11) is -3.67. The minimum Gasteiger partial charge on any atom is -0.370 e. The molecule has 0 unspecified atom stereocenters. The number of hydrogen-bond acceptors (Lipinski definition) is 4. The Balaban J connectivity index is 0.000000399. The zero-order chi connectivity index (χ0) is 18.9. The Bertz CT molecular complexity index is 993. The number of para-hydroxylation sites is 1. The van der Waals surface area contributed by atoms with Gasteiger partial charge in [0.2, 0.25) is 0 Å². The molecule has 10 heteroatoms. The van der Waals surface area contributed by atoms with Crippen LogP contribution in [-0.4, -0.2) is 41.4 Å². The van der Waals surface area contributed by atoms with E-state index in [4.69, 9.17) is 16.0 Å². The van der Waals surface area contributed by atoms with Gasteiger partial charge in [-0.25, -0.2) is 0 Å². The van der Waals surface area contributed by atoms with E-state index in [9.17, 15) is 18.0 Å². The van der Waals surface area contributed by atoms with Gasteiger partial charge in [0.15, 0.2) is 11.7 Å². The molecule has 134 valence electrons. The smallest absolute Gasteiger partial charge is 0.297 e. The fourth-order valence-electron chi connectivity index (χ4n) is 2.82. The summed E-state index contributed by atoms with van der Waals surface area (Å²) in [6.45, 7) is 2.31. The van der Waals surface area contributed by atoms with Crippen LogP contribution in [-0.2, 0) is 16.7 Å². The van der Waals surface area contributed by atoms with Gasteiger partial charge in [0.05, 0.1) is 11.8 Å². The number of rotatable bonds is 1. The predicted octanol–water partition coefficient (Wildman–Crippen LogP) is 0.454. The lowest BCUT2D eigenvalue weighted by Gasteiger charge is -2.16. The van der Waals surface area contributed by atoms with E-state index in [1.807, 2.05) is 23.6 Å². The average Bonchev–Trinajstić information content (AvgIpc) is 2.75. The molecule has 0 fully saturated rings. The zero-order valence-corrected chi connectivity index (χ0v) is 14.5. The molecule has 0 radical (unpaired) electrons. The largest absolute Gasteiger partial charge is 0.370 e. The van der Waals surface area contributed by atoms with E-state index in [1.54, 1.807) is 6.07 Å². The van der Waals surface area contributed by atoms with Crippen LogP contribution in [0, 0.1) is 6.92 Å². The van der Waals surface area contributed by atoms with Crippen LogP contribution in [0.1, 0.15) is 32.8 Å². The number of aryl methyl sites for hydroxylation is 2. The van der Waals surface area contributed by atoms with E-state index in [1.165, 1.54) is 0 Å². The molecule has 0 saturated heterocycles. The number of hydrogen-bond donors (Lipinski definition) is 3. The molecule has 25 heavy (non-hydrogen) atoms. The molecule has 0 spiro atoms. The van der Waals surface area contributed by atoms with Gasteiger partial charge in [0, 0.05) is 23.9 Å². The van der Waals surface area contributed by atoms with Crippen molar-refractivity contribution in [2.24, 2.45) is 16.5 Å². The maximum atomic E-state index is 12.2. The molecule has 1 aromatic carbocycles. The highest BCUT2D eigenvalue weighted by Crippen LogP contribution is 2.32. The van der Waals surface area contributed by atoms with Crippen molar-refractivity contribution in [2.75, 3.05) is 6.26 Å². The molecule has 9 nitrogen and oxygen atoms in total. The minimum atomic E-state index is -3.67. The molecule has 2 heterocycles. The maximum Gasteiger partial charge on any atom is 0.297 e. The first-order chi connectivity index (χ1) is 11.5. The maximum absolute atomic E-state index is 12.2. The summed E-state index contributed by atoms with van der Waals surface area (Å²) < 4.78 is 27.7. The third-order valence-electron chi connectivity index (χ3n) is 3.63. The lowest BCUT2D eigenvalue weighted by molar-refractivity contribution is 0.0957. The molecule has 0 atom stereocenters. The third kappa shape index (κ3) is 4.03. The van der Waals surface area contributed by atoms with Gasteiger partial charge in [-0.3, -0.25) is 14.1 Å². The summed E-state index contributed by atoms with van der Waals surface area (Å²) in [5, 5.41) is 0.893. The van der Waals surface area contributed by atoms with Gasteiger partial charge in [0.1, 0.15) is 5.69 Å². The second-order valence-electron chi connectivity index (χ2n) is 5.58. The summed E-state index contributed by atoms with van der Waals surface area (Å²) in [4.78, 5) is 27.8. The van der Waals surface area contributed by atoms with Crippen LogP contribution in [0.3, 0.4) is 0 Å². The molecular formula is C15H18N4O5S. The van der Waals surface area contributed by atoms with Crippen LogP contribution in [0.25, 0.3) is 10.9 Å². The molecule has 1 amide bonds. The first-order valence-electron chi connectivity index (χ1n) is 7.22. The van der Waals surface area contributed by atoms with Crippen molar-refractivity contribution in [1.29, 1.82) is 0 Å². The predicted molar refractivity (Wildman–Crippen MR) is 93.2 cm³/mol. The molecular weight excluding hydrogens is 348 g/mol. The Labute approximate surface area is 144 Å². The van der Waals surface area contributed by atoms with Crippen LogP contribution in [0.15, 0.2) is 23.2 Å². The Kier molecular flexibility index (Phi) is 4.95. The lowest BCUT2D eigenvalue weighted by atomic mass is 10.0. The van der Waals surface area contributed by atoms with E-state index in [0.717, 1.165) is 16.5 Å². The third-order valence-corrected chi connectivity index (χ3v) is 3.63. The standard InChI is InChI=1S/C14H14N4O2.CH4O3S/c1-7-8-3-2-4-9-10(19)5-6-18(12(8)9)11(7)13(20)17-14(15)16;1-5(2,3)4/h2-4H,5-6H2,1H3,(H4,15,16,17,20);1H3,(H,2,3,4). The number of guanidine groups is 1. The summed E-state index contributed by atoms with van der Waals surface area (Å²) in [5.41, 5.74) is 13.3. The van der Waals surface area contributed by atoms with E-state index in [2.05, 4.69) is 4.99 Å². The summed E-state index contributed by atoms with van der Waals surface area (Å²) in [6, 6.07) is 5.51. The van der Waals surface area contributed by atoms with Gasteiger partial charge < -0.3 is 16.0 Å². The summed E-state index contributed by atoms with van der Waals surface area (Å²) in [6.07, 6.45) is 1.09. The van der Waals surface area contributed by atoms with E-state index < -0.39 is 16.0 Å². The van der Waals surface area contributed by atoms with Crippen LogP contribution in [0.4, 0.5) is 0 Å². The lowest BCUT2D eigenvalue weighted by Crippen LogP contribution is -2.25.